The molecule has 0 aromatic heterocycles. The second-order valence-corrected chi connectivity index (χ2v) is 3.54. The molecule has 6 heteroatoms. The molecule has 1 rings (SSSR count). The van der Waals surface area contributed by atoms with Crippen LogP contribution in [0.25, 0.3) is 0 Å². The van der Waals surface area contributed by atoms with Crippen molar-refractivity contribution >= 4 is 22.4 Å². The molecule has 0 atom stereocenters. The molecule has 0 bridgehead atoms. The number of hydrogen-bond donors (Lipinski definition) is 0. The van der Waals surface area contributed by atoms with Gasteiger partial charge in [0.15, 0.2) is 0 Å². The molecule has 0 aliphatic carbocycles. The Morgan fingerprint density at radius 2 is 2.07 bits per heavy atom. The van der Waals surface area contributed by atoms with Gasteiger partial charge in [-0.3, -0.25) is 0 Å². The third-order valence-electron chi connectivity index (χ3n) is 1.63. The van der Waals surface area contributed by atoms with Crippen molar-refractivity contribution in [3.63, 3.8) is 0 Å². The summed E-state index contributed by atoms with van der Waals surface area (Å²) in [6.07, 6.45) is -4.43. The lowest BCUT2D eigenvalue weighted by Gasteiger charge is -2.10. The van der Waals surface area contributed by atoms with Gasteiger partial charge in [-0.1, -0.05) is 22.0 Å². The molecule has 2 nitrogen and oxygen atoms in total. The Kier molecular flexibility index (Phi) is 3.73. The number of alkyl halides is 3. The lowest BCUT2D eigenvalue weighted by molar-refractivity contribution is -0.138. The van der Waals surface area contributed by atoms with E-state index in [0.717, 1.165) is 12.5 Å². The molecule has 15 heavy (non-hydrogen) atoms. The van der Waals surface area contributed by atoms with Crippen molar-refractivity contribution in [3.05, 3.63) is 33.8 Å². The van der Waals surface area contributed by atoms with Crippen molar-refractivity contribution in [1.29, 1.82) is 0 Å². The van der Waals surface area contributed by atoms with Gasteiger partial charge in [0.2, 0.25) is 0 Å². The number of ether oxygens (including phenoxy) is 1. The van der Waals surface area contributed by atoms with Crippen LogP contribution in [0, 0.1) is 0 Å². The average Bonchev–Trinajstić information content (AvgIpc) is 2.15. The quantitative estimate of drug-likeness (QED) is 0.851. The molecule has 0 saturated carbocycles. The summed E-state index contributed by atoms with van der Waals surface area (Å²) in [7, 11) is 0. The Hall–Kier alpha value is -1.04. The van der Waals surface area contributed by atoms with Gasteiger partial charge in [-0.25, -0.2) is 4.79 Å². The Morgan fingerprint density at radius 1 is 1.40 bits per heavy atom. The molecule has 1 aromatic carbocycles. The van der Waals surface area contributed by atoms with Crippen molar-refractivity contribution in [2.45, 2.75) is 12.8 Å². The molecule has 0 heterocycles. The molecule has 0 unspecified atom stereocenters. The number of rotatable bonds is 3. The normalized spacial score (nSPS) is 11.2. The topological polar surface area (TPSA) is 26.3 Å². The molecule has 0 aliphatic rings. The van der Waals surface area contributed by atoms with Crippen LogP contribution in [-0.4, -0.2) is 6.47 Å². The highest BCUT2D eigenvalue weighted by atomic mass is 79.9. The van der Waals surface area contributed by atoms with Crippen LogP contribution in [0.4, 0.5) is 13.2 Å². The summed E-state index contributed by atoms with van der Waals surface area (Å²) < 4.78 is 41.4. The molecule has 0 saturated heterocycles. The van der Waals surface area contributed by atoms with Crippen molar-refractivity contribution in [2.75, 3.05) is 0 Å². The van der Waals surface area contributed by atoms with Crippen LogP contribution in [0.1, 0.15) is 11.1 Å². The van der Waals surface area contributed by atoms with E-state index in [1.165, 1.54) is 12.1 Å². The van der Waals surface area contributed by atoms with E-state index in [2.05, 4.69) is 20.7 Å². The van der Waals surface area contributed by atoms with E-state index in [0.29, 0.717) is 0 Å². The minimum atomic E-state index is -4.43. The van der Waals surface area contributed by atoms with Gasteiger partial charge in [0.05, 0.1) is 5.56 Å². The SMILES string of the molecule is O=[C]OCc1ccc(Br)c(C(F)(F)F)c1. The van der Waals surface area contributed by atoms with Crippen LogP contribution in [0.15, 0.2) is 22.7 Å². The summed E-state index contributed by atoms with van der Waals surface area (Å²) >= 11 is 2.80. The van der Waals surface area contributed by atoms with Crippen LogP contribution < -0.4 is 0 Å². The molecular weight excluding hydrogens is 277 g/mol. The van der Waals surface area contributed by atoms with Gasteiger partial charge in [0.25, 0.3) is 0 Å². The maximum Gasteiger partial charge on any atom is 0.417 e. The lowest BCUT2D eigenvalue weighted by atomic mass is 10.1. The molecule has 1 aromatic rings. The van der Waals surface area contributed by atoms with Crippen LogP contribution in [-0.2, 0) is 22.3 Å². The maximum absolute atomic E-state index is 12.4. The predicted octanol–water partition coefficient (Wildman–Crippen LogP) is 3.05. The van der Waals surface area contributed by atoms with Crippen molar-refractivity contribution < 1.29 is 22.7 Å². The smallest absolute Gasteiger partial charge is 0.417 e. The minimum Gasteiger partial charge on any atom is -0.452 e. The Bertz CT molecular complexity index is 363. The zero-order valence-corrected chi connectivity index (χ0v) is 8.85. The van der Waals surface area contributed by atoms with Crippen molar-refractivity contribution in [3.8, 4) is 0 Å². The van der Waals surface area contributed by atoms with Crippen LogP contribution in [0.5, 0.6) is 0 Å². The number of halogens is 4. The van der Waals surface area contributed by atoms with Crippen LogP contribution in [0.2, 0.25) is 0 Å². The monoisotopic (exact) mass is 281 g/mol. The molecular formula is C9H5BrF3O2. The van der Waals surface area contributed by atoms with Gasteiger partial charge >= 0.3 is 12.6 Å². The first-order valence-electron chi connectivity index (χ1n) is 3.79. The Labute approximate surface area is 92.2 Å². The van der Waals surface area contributed by atoms with Gasteiger partial charge in [-0.2, -0.15) is 13.2 Å². The molecule has 0 spiro atoms. The molecule has 0 aliphatic heterocycles. The van der Waals surface area contributed by atoms with Crippen LogP contribution >= 0.6 is 15.9 Å². The van der Waals surface area contributed by atoms with E-state index >= 15 is 0 Å². The summed E-state index contributed by atoms with van der Waals surface area (Å²) in [5.41, 5.74) is -0.539. The van der Waals surface area contributed by atoms with E-state index in [-0.39, 0.29) is 16.6 Å². The zero-order valence-electron chi connectivity index (χ0n) is 7.27. The van der Waals surface area contributed by atoms with E-state index in [9.17, 15) is 18.0 Å². The molecule has 1 radical (unpaired) electrons. The first-order valence-corrected chi connectivity index (χ1v) is 4.59. The predicted molar refractivity (Wildman–Crippen MR) is 49.6 cm³/mol. The van der Waals surface area contributed by atoms with Gasteiger partial charge in [0, 0.05) is 4.47 Å². The zero-order chi connectivity index (χ0) is 11.5. The third-order valence-corrected chi connectivity index (χ3v) is 2.33. The highest BCUT2D eigenvalue weighted by Gasteiger charge is 2.33. The van der Waals surface area contributed by atoms with Crippen molar-refractivity contribution in [2.24, 2.45) is 0 Å². The summed E-state index contributed by atoms with van der Waals surface area (Å²) in [6.45, 7) is 0.924. The summed E-state index contributed by atoms with van der Waals surface area (Å²) in [5.74, 6) is 0. The first kappa shape index (κ1) is 12.0. The van der Waals surface area contributed by atoms with Gasteiger partial charge in [-0.05, 0) is 17.7 Å². The fourth-order valence-corrected chi connectivity index (χ4v) is 1.46. The highest BCUT2D eigenvalue weighted by Crippen LogP contribution is 2.35. The first-order chi connectivity index (χ1) is 6.95. The number of benzene rings is 1. The standard InChI is InChI=1S/C9H5BrF3O2/c10-8-2-1-6(4-15-5-14)3-7(8)9(11,12)13/h1-3H,4H2. The Balaban J connectivity index is 3.00. The summed E-state index contributed by atoms with van der Waals surface area (Å²) in [5, 5.41) is 0. The lowest BCUT2D eigenvalue weighted by Crippen LogP contribution is -2.07. The van der Waals surface area contributed by atoms with E-state index < -0.39 is 11.7 Å². The average molecular weight is 282 g/mol. The highest BCUT2D eigenvalue weighted by molar-refractivity contribution is 9.10. The maximum atomic E-state index is 12.4. The second kappa shape index (κ2) is 4.65. The molecule has 0 N–H and O–H groups in total. The number of carbonyl (C=O) groups excluding carboxylic acids is 1. The van der Waals surface area contributed by atoms with Crippen LogP contribution in [0.3, 0.4) is 0 Å². The van der Waals surface area contributed by atoms with Gasteiger partial charge in [0.1, 0.15) is 6.61 Å². The summed E-state index contributed by atoms with van der Waals surface area (Å²) in [6, 6.07) is 3.60. The molecule has 81 valence electrons. The van der Waals surface area contributed by atoms with E-state index in [1.54, 1.807) is 0 Å². The minimum absolute atomic E-state index is 0.0474. The number of hydrogen-bond acceptors (Lipinski definition) is 2. The third kappa shape index (κ3) is 3.23. The van der Waals surface area contributed by atoms with E-state index in [4.69, 9.17) is 0 Å². The fraction of sp³-hybridized carbons (Fsp3) is 0.222. The van der Waals surface area contributed by atoms with Gasteiger partial charge < -0.3 is 4.74 Å². The summed E-state index contributed by atoms with van der Waals surface area (Å²) in [4.78, 5) is 9.75. The van der Waals surface area contributed by atoms with Crippen molar-refractivity contribution in [1.82, 2.24) is 0 Å². The van der Waals surface area contributed by atoms with E-state index in [1.807, 2.05) is 0 Å². The fourth-order valence-electron chi connectivity index (χ4n) is 0.992. The second-order valence-electron chi connectivity index (χ2n) is 2.68. The molecule has 0 amide bonds. The van der Waals surface area contributed by atoms with Gasteiger partial charge in [-0.15, -0.1) is 0 Å². The largest absolute Gasteiger partial charge is 0.452 e. The molecule has 0 fully saturated rings. The Morgan fingerprint density at radius 3 is 2.60 bits per heavy atom.